The van der Waals surface area contributed by atoms with Gasteiger partial charge in [0.05, 0.1) is 0 Å². The number of amides is 1. The normalized spacial score (nSPS) is 11.7. The van der Waals surface area contributed by atoms with Gasteiger partial charge in [0.1, 0.15) is 5.75 Å². The summed E-state index contributed by atoms with van der Waals surface area (Å²) in [4.78, 5) is 11.3. The molecule has 3 N–H and O–H groups in total. The third-order valence-electron chi connectivity index (χ3n) is 3.00. The van der Waals surface area contributed by atoms with E-state index in [-0.39, 0.29) is 5.91 Å². The van der Waals surface area contributed by atoms with Crippen LogP contribution in [0.2, 0.25) is 0 Å². The van der Waals surface area contributed by atoms with E-state index in [1.165, 1.54) is 11.1 Å². The highest BCUT2D eigenvalue weighted by Crippen LogP contribution is 2.16. The van der Waals surface area contributed by atoms with Crippen molar-refractivity contribution in [1.29, 1.82) is 0 Å². The number of rotatable bonds is 5. The first kappa shape index (κ1) is 14.1. The van der Waals surface area contributed by atoms with Crippen molar-refractivity contribution in [2.45, 2.75) is 19.4 Å². The van der Waals surface area contributed by atoms with E-state index in [0.717, 1.165) is 6.42 Å². The van der Waals surface area contributed by atoms with Crippen molar-refractivity contribution in [3.63, 3.8) is 0 Å². The average molecular weight is 270 g/mol. The number of carbonyl (C=O) groups is 1. The van der Waals surface area contributed by atoms with Crippen molar-refractivity contribution in [1.82, 2.24) is 5.43 Å². The van der Waals surface area contributed by atoms with Crippen LogP contribution in [0.5, 0.6) is 5.75 Å². The molecule has 0 saturated heterocycles. The van der Waals surface area contributed by atoms with Crippen molar-refractivity contribution < 1.29 is 9.53 Å². The van der Waals surface area contributed by atoms with Crippen molar-refractivity contribution >= 4 is 5.91 Å². The summed E-state index contributed by atoms with van der Waals surface area (Å²) in [5.74, 6) is 5.36. The fraction of sp³-hybridized carbons (Fsp3) is 0.188. The Hall–Kier alpha value is -2.33. The molecule has 2 aromatic carbocycles. The minimum Gasteiger partial charge on any atom is -0.481 e. The van der Waals surface area contributed by atoms with Gasteiger partial charge in [-0.05, 0) is 36.6 Å². The van der Waals surface area contributed by atoms with Gasteiger partial charge in [-0.3, -0.25) is 10.2 Å². The van der Waals surface area contributed by atoms with Crippen LogP contribution in [-0.2, 0) is 11.2 Å². The number of hydrazine groups is 1. The fourth-order valence-electron chi connectivity index (χ4n) is 1.89. The van der Waals surface area contributed by atoms with E-state index in [0.29, 0.717) is 5.75 Å². The first-order valence-corrected chi connectivity index (χ1v) is 6.49. The summed E-state index contributed by atoms with van der Waals surface area (Å²) >= 11 is 0. The second-order valence-corrected chi connectivity index (χ2v) is 4.57. The number of hydrogen-bond donors (Lipinski definition) is 2. The molecule has 4 heteroatoms. The van der Waals surface area contributed by atoms with Crippen molar-refractivity contribution in [3.05, 3.63) is 65.7 Å². The zero-order valence-corrected chi connectivity index (χ0v) is 11.4. The lowest BCUT2D eigenvalue weighted by Crippen LogP contribution is -2.40. The molecule has 0 spiro atoms. The molecule has 0 saturated carbocycles. The quantitative estimate of drug-likeness (QED) is 0.496. The predicted molar refractivity (Wildman–Crippen MR) is 78.1 cm³/mol. The van der Waals surface area contributed by atoms with Gasteiger partial charge in [0.15, 0.2) is 6.10 Å². The SMILES string of the molecule is CC(Oc1ccc(Cc2ccccc2)cc1)C(=O)NN. The van der Waals surface area contributed by atoms with Gasteiger partial charge in [-0.2, -0.15) is 0 Å². The van der Waals surface area contributed by atoms with Gasteiger partial charge in [-0.25, -0.2) is 5.84 Å². The number of carbonyl (C=O) groups excluding carboxylic acids is 1. The second-order valence-electron chi connectivity index (χ2n) is 4.57. The van der Waals surface area contributed by atoms with Crippen LogP contribution in [0.1, 0.15) is 18.1 Å². The molecule has 0 aliphatic rings. The highest BCUT2D eigenvalue weighted by molar-refractivity contribution is 5.80. The highest BCUT2D eigenvalue weighted by Gasteiger charge is 2.12. The molecule has 1 unspecified atom stereocenters. The van der Waals surface area contributed by atoms with E-state index in [2.05, 4.69) is 17.6 Å². The molecule has 0 aliphatic carbocycles. The maximum absolute atomic E-state index is 11.3. The van der Waals surface area contributed by atoms with Crippen molar-refractivity contribution in [3.8, 4) is 5.75 Å². The highest BCUT2D eigenvalue weighted by atomic mass is 16.5. The molecule has 0 aliphatic heterocycles. The van der Waals surface area contributed by atoms with Crippen molar-refractivity contribution in [2.24, 2.45) is 5.84 Å². The smallest absolute Gasteiger partial charge is 0.274 e. The standard InChI is InChI=1S/C16H18N2O2/c1-12(16(19)18-17)20-15-9-7-14(8-10-15)11-13-5-3-2-4-6-13/h2-10,12H,11,17H2,1H3,(H,18,19). The van der Waals surface area contributed by atoms with E-state index < -0.39 is 6.10 Å². The molecule has 4 nitrogen and oxygen atoms in total. The Morgan fingerprint density at radius 3 is 2.30 bits per heavy atom. The molecule has 1 atom stereocenters. The maximum Gasteiger partial charge on any atom is 0.274 e. The third-order valence-corrected chi connectivity index (χ3v) is 3.00. The summed E-state index contributed by atoms with van der Waals surface area (Å²) in [6, 6.07) is 18.0. The number of nitrogens with two attached hydrogens (primary N) is 1. The first-order chi connectivity index (χ1) is 9.69. The zero-order valence-electron chi connectivity index (χ0n) is 11.4. The van der Waals surface area contributed by atoms with E-state index >= 15 is 0 Å². The predicted octanol–water partition coefficient (Wildman–Crippen LogP) is 2.03. The summed E-state index contributed by atoms with van der Waals surface area (Å²) in [6.07, 6.45) is 0.264. The lowest BCUT2D eigenvalue weighted by atomic mass is 10.1. The van der Waals surface area contributed by atoms with Crippen LogP contribution in [0, 0.1) is 0 Å². The second kappa shape index (κ2) is 6.73. The van der Waals surface area contributed by atoms with Crippen LogP contribution < -0.4 is 16.0 Å². The number of nitrogens with one attached hydrogen (secondary N) is 1. The Morgan fingerprint density at radius 1 is 1.10 bits per heavy atom. The third kappa shape index (κ3) is 3.83. The maximum atomic E-state index is 11.3. The molecule has 20 heavy (non-hydrogen) atoms. The van der Waals surface area contributed by atoms with E-state index in [1.54, 1.807) is 6.92 Å². The summed E-state index contributed by atoms with van der Waals surface area (Å²) in [5.41, 5.74) is 4.52. The topological polar surface area (TPSA) is 64.3 Å². The van der Waals surface area contributed by atoms with Crippen LogP contribution in [-0.4, -0.2) is 12.0 Å². The van der Waals surface area contributed by atoms with Crippen LogP contribution in [0.3, 0.4) is 0 Å². The van der Waals surface area contributed by atoms with Crippen LogP contribution >= 0.6 is 0 Å². The molecule has 0 radical (unpaired) electrons. The minimum atomic E-state index is -0.611. The molecule has 104 valence electrons. The Labute approximate surface area is 118 Å². The number of hydrogen-bond acceptors (Lipinski definition) is 3. The summed E-state index contributed by atoms with van der Waals surface area (Å²) in [5, 5.41) is 0. The largest absolute Gasteiger partial charge is 0.481 e. The van der Waals surface area contributed by atoms with Gasteiger partial charge in [-0.1, -0.05) is 42.5 Å². The van der Waals surface area contributed by atoms with Crippen LogP contribution in [0.25, 0.3) is 0 Å². The van der Waals surface area contributed by atoms with E-state index in [4.69, 9.17) is 10.6 Å². The van der Waals surface area contributed by atoms with Gasteiger partial charge in [0, 0.05) is 0 Å². The van der Waals surface area contributed by atoms with Gasteiger partial charge in [-0.15, -0.1) is 0 Å². The van der Waals surface area contributed by atoms with Crippen molar-refractivity contribution in [2.75, 3.05) is 0 Å². The molecule has 2 rings (SSSR count). The lowest BCUT2D eigenvalue weighted by Gasteiger charge is -2.13. The average Bonchev–Trinajstić information content (AvgIpc) is 2.49. The zero-order chi connectivity index (χ0) is 14.4. The fourth-order valence-corrected chi connectivity index (χ4v) is 1.89. The van der Waals surface area contributed by atoms with Crippen LogP contribution in [0.4, 0.5) is 0 Å². The summed E-state index contributed by atoms with van der Waals surface area (Å²) in [6.45, 7) is 1.65. The lowest BCUT2D eigenvalue weighted by molar-refractivity contribution is -0.127. The molecular weight excluding hydrogens is 252 g/mol. The Bertz CT molecular complexity index is 552. The molecule has 2 aromatic rings. The molecule has 0 aromatic heterocycles. The molecule has 1 amide bonds. The molecule has 0 bridgehead atoms. The Kier molecular flexibility index (Phi) is 4.74. The van der Waals surface area contributed by atoms with Gasteiger partial charge < -0.3 is 4.74 Å². The van der Waals surface area contributed by atoms with Crippen LogP contribution in [0.15, 0.2) is 54.6 Å². The molecular formula is C16H18N2O2. The van der Waals surface area contributed by atoms with E-state index in [1.807, 2.05) is 42.5 Å². The Morgan fingerprint density at radius 2 is 1.70 bits per heavy atom. The van der Waals surface area contributed by atoms with Gasteiger partial charge in [0.25, 0.3) is 5.91 Å². The Balaban J connectivity index is 1.98. The first-order valence-electron chi connectivity index (χ1n) is 6.49. The molecule has 0 fully saturated rings. The van der Waals surface area contributed by atoms with Gasteiger partial charge in [0.2, 0.25) is 0 Å². The summed E-state index contributed by atoms with van der Waals surface area (Å²) in [7, 11) is 0. The number of benzene rings is 2. The minimum absolute atomic E-state index is 0.349. The number of ether oxygens (including phenoxy) is 1. The monoisotopic (exact) mass is 270 g/mol. The molecule has 0 heterocycles. The van der Waals surface area contributed by atoms with E-state index in [9.17, 15) is 4.79 Å². The summed E-state index contributed by atoms with van der Waals surface area (Å²) < 4.78 is 5.48. The van der Waals surface area contributed by atoms with Gasteiger partial charge >= 0.3 is 0 Å².